The Morgan fingerprint density at radius 1 is 0.920 bits per heavy atom. The van der Waals surface area contributed by atoms with Crippen molar-refractivity contribution < 1.29 is 19.4 Å². The molecule has 0 bridgehead atoms. The van der Waals surface area contributed by atoms with Gasteiger partial charge in [-0.15, -0.1) is 0 Å². The van der Waals surface area contributed by atoms with Crippen molar-refractivity contribution in [1.29, 1.82) is 0 Å². The predicted octanol–water partition coefficient (Wildman–Crippen LogP) is 2.62. The highest BCUT2D eigenvalue weighted by molar-refractivity contribution is 5.80. The summed E-state index contributed by atoms with van der Waals surface area (Å²) in [5.74, 6) is -1.51. The lowest BCUT2D eigenvalue weighted by Gasteiger charge is -2.03. The number of carboxylic acid groups (broad SMARTS) is 1. The van der Waals surface area contributed by atoms with Crippen molar-refractivity contribution in [1.82, 2.24) is 15.2 Å². The Morgan fingerprint density at radius 3 is 2.08 bits per heavy atom. The van der Waals surface area contributed by atoms with Crippen molar-refractivity contribution in [3.63, 3.8) is 0 Å². The number of hydrogen-bond donors (Lipinski definition) is 1. The largest absolute Gasteiger partial charge is 0.481 e. The van der Waals surface area contributed by atoms with E-state index in [2.05, 4.69) is 15.2 Å². The lowest BCUT2D eigenvalue weighted by molar-refractivity contribution is -0.148. The summed E-state index contributed by atoms with van der Waals surface area (Å²) in [6, 6.07) is 11.5. The minimum absolute atomic E-state index is 0.0968. The molecule has 1 N–H and O–H groups in total. The second kappa shape index (κ2) is 9.71. The first kappa shape index (κ1) is 18.0. The van der Waals surface area contributed by atoms with Crippen LogP contribution in [0.3, 0.4) is 0 Å². The number of aliphatic carboxylic acids is 1. The molecular formula is C18H17N3O4. The van der Waals surface area contributed by atoms with E-state index in [0.29, 0.717) is 0 Å². The summed E-state index contributed by atoms with van der Waals surface area (Å²) < 4.78 is 4.85. The minimum atomic E-state index is -1.00. The Kier molecular flexibility index (Phi) is 6.99. The second-order valence-electron chi connectivity index (χ2n) is 5.03. The Hall–Kier alpha value is -3.35. The fourth-order valence-corrected chi connectivity index (χ4v) is 1.86. The summed E-state index contributed by atoms with van der Waals surface area (Å²) >= 11 is 0. The first-order valence-corrected chi connectivity index (χ1v) is 7.57. The van der Waals surface area contributed by atoms with E-state index >= 15 is 0 Å². The third-order valence-electron chi connectivity index (χ3n) is 3.15. The number of benzene rings is 1. The van der Waals surface area contributed by atoms with Crippen LogP contribution in [0.15, 0.2) is 61.2 Å². The smallest absolute Gasteiger partial charge is 0.306 e. The van der Waals surface area contributed by atoms with Gasteiger partial charge in [0.15, 0.2) is 0 Å². The van der Waals surface area contributed by atoms with Crippen LogP contribution in [0, 0.1) is 0 Å². The molecule has 0 radical (unpaired) electrons. The molecule has 0 fully saturated rings. The van der Waals surface area contributed by atoms with Crippen LogP contribution in [-0.2, 0) is 20.9 Å². The molecule has 3 aromatic rings. The van der Waals surface area contributed by atoms with Gasteiger partial charge in [-0.3, -0.25) is 14.6 Å². The van der Waals surface area contributed by atoms with Gasteiger partial charge in [-0.05, 0) is 17.7 Å². The first-order chi connectivity index (χ1) is 12.1. The molecule has 2 aromatic heterocycles. The maximum absolute atomic E-state index is 11.0. The molecule has 128 valence electrons. The van der Waals surface area contributed by atoms with E-state index in [1.165, 1.54) is 0 Å². The van der Waals surface area contributed by atoms with Gasteiger partial charge in [0.1, 0.15) is 6.61 Å². The van der Waals surface area contributed by atoms with Crippen molar-refractivity contribution in [2.45, 2.75) is 19.4 Å². The van der Waals surface area contributed by atoms with Gasteiger partial charge in [0.2, 0.25) is 0 Å². The van der Waals surface area contributed by atoms with E-state index in [4.69, 9.17) is 9.84 Å². The van der Waals surface area contributed by atoms with Gasteiger partial charge >= 0.3 is 11.9 Å². The Balaban J connectivity index is 0.000000194. The zero-order valence-corrected chi connectivity index (χ0v) is 13.4. The summed E-state index contributed by atoms with van der Waals surface area (Å²) in [6.07, 6.45) is 6.42. The van der Waals surface area contributed by atoms with Gasteiger partial charge in [-0.25, -0.2) is 0 Å². The molecule has 1 aromatic carbocycles. The molecule has 0 saturated heterocycles. The molecule has 25 heavy (non-hydrogen) atoms. The average molecular weight is 339 g/mol. The number of hydrogen-bond acceptors (Lipinski definition) is 6. The molecule has 2 heterocycles. The van der Waals surface area contributed by atoms with Gasteiger partial charge in [0.05, 0.1) is 25.2 Å². The Morgan fingerprint density at radius 2 is 1.52 bits per heavy atom. The van der Waals surface area contributed by atoms with E-state index in [1.807, 2.05) is 24.3 Å². The van der Waals surface area contributed by atoms with Gasteiger partial charge in [-0.1, -0.05) is 24.3 Å². The number of fused-ring (bicyclic) bond motifs is 1. The third-order valence-corrected chi connectivity index (χ3v) is 3.15. The van der Waals surface area contributed by atoms with Crippen LogP contribution in [0.2, 0.25) is 0 Å². The van der Waals surface area contributed by atoms with Gasteiger partial charge in [0, 0.05) is 23.2 Å². The monoisotopic (exact) mass is 339 g/mol. The van der Waals surface area contributed by atoms with Crippen LogP contribution in [-0.4, -0.2) is 32.2 Å². The molecule has 7 nitrogen and oxygen atoms in total. The highest BCUT2D eigenvalue weighted by Crippen LogP contribution is 2.08. The van der Waals surface area contributed by atoms with E-state index in [0.717, 1.165) is 16.3 Å². The van der Waals surface area contributed by atoms with Crippen LogP contribution in [0.25, 0.3) is 10.8 Å². The molecule has 0 saturated carbocycles. The van der Waals surface area contributed by atoms with Crippen LogP contribution in [0.5, 0.6) is 0 Å². The number of aromatic nitrogens is 3. The standard InChI is InChI=1S/C10H11NO4.C8H6N2/c12-9(13)1-2-10(14)15-7-8-3-5-11-6-4-8;1-2-4-8-6-10-9-5-7(8)3-1/h3-6H,1-2,7H2,(H,12,13);1-6H. The Labute approximate surface area is 144 Å². The Bertz CT molecular complexity index is 759. The molecular weight excluding hydrogens is 322 g/mol. The zero-order valence-electron chi connectivity index (χ0n) is 13.4. The molecule has 0 aliphatic heterocycles. The normalized spacial score (nSPS) is 9.76. The molecule has 0 aliphatic rings. The second-order valence-corrected chi connectivity index (χ2v) is 5.03. The van der Waals surface area contributed by atoms with Gasteiger partial charge < -0.3 is 9.84 Å². The molecule has 0 atom stereocenters. The quantitative estimate of drug-likeness (QED) is 0.713. The van der Waals surface area contributed by atoms with Crippen LogP contribution < -0.4 is 0 Å². The summed E-state index contributed by atoms with van der Waals surface area (Å²) in [5.41, 5.74) is 0.827. The molecule has 0 unspecified atom stereocenters. The molecule has 3 rings (SSSR count). The highest BCUT2D eigenvalue weighted by Gasteiger charge is 2.06. The van der Waals surface area contributed by atoms with Crippen LogP contribution in [0.4, 0.5) is 0 Å². The maximum Gasteiger partial charge on any atom is 0.306 e. The van der Waals surface area contributed by atoms with Crippen molar-refractivity contribution >= 4 is 22.7 Å². The van der Waals surface area contributed by atoms with Crippen LogP contribution >= 0.6 is 0 Å². The number of pyridine rings is 1. The van der Waals surface area contributed by atoms with Crippen LogP contribution in [0.1, 0.15) is 18.4 Å². The molecule has 0 amide bonds. The summed E-state index contributed by atoms with van der Waals surface area (Å²) in [4.78, 5) is 25.0. The van der Waals surface area contributed by atoms with Crippen molar-refractivity contribution in [3.05, 3.63) is 66.7 Å². The number of nitrogens with zero attached hydrogens (tertiary/aromatic N) is 3. The third kappa shape index (κ3) is 6.74. The summed E-state index contributed by atoms with van der Waals surface area (Å²) in [6.45, 7) is 0.154. The molecule has 0 aliphatic carbocycles. The van der Waals surface area contributed by atoms with Crippen molar-refractivity contribution in [3.8, 4) is 0 Å². The first-order valence-electron chi connectivity index (χ1n) is 7.57. The predicted molar refractivity (Wildman–Crippen MR) is 90.4 cm³/mol. The SMILES string of the molecule is O=C(O)CCC(=O)OCc1ccncc1.c1ccc2cnncc2c1. The number of carboxylic acids is 1. The van der Waals surface area contributed by atoms with Gasteiger partial charge in [-0.2, -0.15) is 10.2 Å². The van der Waals surface area contributed by atoms with E-state index < -0.39 is 11.9 Å². The van der Waals surface area contributed by atoms with E-state index in [9.17, 15) is 9.59 Å². The number of carbonyl (C=O) groups is 2. The topological polar surface area (TPSA) is 102 Å². The summed E-state index contributed by atoms with van der Waals surface area (Å²) in [5, 5.41) is 18.1. The summed E-state index contributed by atoms with van der Waals surface area (Å²) in [7, 11) is 0. The molecule has 0 spiro atoms. The lowest BCUT2D eigenvalue weighted by atomic mass is 10.2. The maximum atomic E-state index is 11.0. The van der Waals surface area contributed by atoms with E-state index in [1.54, 1.807) is 36.9 Å². The van der Waals surface area contributed by atoms with Crippen molar-refractivity contribution in [2.75, 3.05) is 0 Å². The minimum Gasteiger partial charge on any atom is -0.481 e. The van der Waals surface area contributed by atoms with Gasteiger partial charge in [0.25, 0.3) is 0 Å². The average Bonchev–Trinajstić information content (AvgIpc) is 2.66. The number of ether oxygens (including phenoxy) is 1. The number of carbonyl (C=O) groups excluding carboxylic acids is 1. The van der Waals surface area contributed by atoms with Crippen molar-refractivity contribution in [2.24, 2.45) is 0 Å². The zero-order chi connectivity index (χ0) is 17.9. The fourth-order valence-electron chi connectivity index (χ4n) is 1.86. The number of esters is 1. The fraction of sp³-hybridized carbons (Fsp3) is 0.167. The number of rotatable bonds is 5. The van der Waals surface area contributed by atoms with E-state index in [-0.39, 0.29) is 19.4 Å². The lowest BCUT2D eigenvalue weighted by Crippen LogP contribution is -2.07. The highest BCUT2D eigenvalue weighted by atomic mass is 16.5. The molecule has 7 heteroatoms.